The van der Waals surface area contributed by atoms with Gasteiger partial charge in [-0.1, -0.05) is 35.3 Å². The van der Waals surface area contributed by atoms with Gasteiger partial charge >= 0.3 is 0 Å². The lowest BCUT2D eigenvalue weighted by molar-refractivity contribution is -0.112. The molecule has 0 radical (unpaired) electrons. The summed E-state index contributed by atoms with van der Waals surface area (Å²) in [5.74, 6) is 0.0305. The van der Waals surface area contributed by atoms with Crippen LogP contribution in [0, 0.1) is 11.3 Å². The first-order valence-electron chi connectivity index (χ1n) is 7.14. The summed E-state index contributed by atoms with van der Waals surface area (Å²) in [7, 11) is 0. The molecule has 6 heteroatoms. The van der Waals surface area contributed by atoms with E-state index in [0.717, 1.165) is 0 Å². The van der Waals surface area contributed by atoms with Crippen LogP contribution in [0.5, 0.6) is 5.75 Å². The van der Waals surface area contributed by atoms with Gasteiger partial charge in [-0.15, -0.1) is 0 Å². The molecule has 0 saturated carbocycles. The van der Waals surface area contributed by atoms with Gasteiger partial charge in [0.1, 0.15) is 17.4 Å². The van der Waals surface area contributed by atoms with Crippen molar-refractivity contribution < 1.29 is 9.53 Å². The molecule has 0 bridgehead atoms. The Morgan fingerprint density at radius 2 is 2.08 bits per heavy atom. The van der Waals surface area contributed by atoms with Crippen LogP contribution in [0.3, 0.4) is 0 Å². The Balaban J connectivity index is 2.21. The normalized spacial score (nSPS) is 10.8. The summed E-state index contributed by atoms with van der Waals surface area (Å²) < 4.78 is 5.35. The molecule has 0 heterocycles. The minimum absolute atomic E-state index is 0.0461. The molecule has 0 saturated heterocycles. The van der Waals surface area contributed by atoms with Crippen molar-refractivity contribution in [3.63, 3.8) is 0 Å². The van der Waals surface area contributed by atoms with Gasteiger partial charge in [-0.3, -0.25) is 4.79 Å². The highest BCUT2D eigenvalue weighted by molar-refractivity contribution is 6.32. The largest absolute Gasteiger partial charge is 0.492 e. The summed E-state index contributed by atoms with van der Waals surface area (Å²) in [5, 5.41) is 12.8. The third kappa shape index (κ3) is 4.76. The zero-order valence-corrected chi connectivity index (χ0v) is 14.4. The number of nitrogens with zero attached hydrogens (tertiary/aromatic N) is 1. The van der Waals surface area contributed by atoms with Crippen LogP contribution in [0.1, 0.15) is 12.5 Å². The molecule has 0 aliphatic rings. The lowest BCUT2D eigenvalue weighted by Crippen LogP contribution is -2.13. The summed E-state index contributed by atoms with van der Waals surface area (Å²) >= 11 is 12.0. The number of anilines is 1. The van der Waals surface area contributed by atoms with Gasteiger partial charge in [-0.25, -0.2) is 0 Å². The van der Waals surface area contributed by atoms with Crippen molar-refractivity contribution in [3.8, 4) is 11.8 Å². The number of rotatable bonds is 5. The average molecular weight is 361 g/mol. The van der Waals surface area contributed by atoms with Gasteiger partial charge in [0.15, 0.2) is 0 Å². The summed E-state index contributed by atoms with van der Waals surface area (Å²) in [6.07, 6.45) is 1.46. The number of benzene rings is 2. The van der Waals surface area contributed by atoms with Crippen molar-refractivity contribution in [2.24, 2.45) is 0 Å². The van der Waals surface area contributed by atoms with E-state index < -0.39 is 5.91 Å². The molecule has 0 spiro atoms. The standard InChI is InChI=1S/C18H14Cl2N2O2/c1-2-24-17-7-6-12(9-16(17)20)8-13(11-21)18(23)22-15-5-3-4-14(19)10-15/h3-10H,2H2,1H3,(H,22,23)/b13-8-. The monoisotopic (exact) mass is 360 g/mol. The van der Waals surface area contributed by atoms with E-state index in [0.29, 0.717) is 33.7 Å². The van der Waals surface area contributed by atoms with E-state index in [1.165, 1.54) is 6.08 Å². The fourth-order valence-electron chi connectivity index (χ4n) is 1.96. The first-order chi connectivity index (χ1) is 11.5. The lowest BCUT2D eigenvalue weighted by atomic mass is 10.1. The second-order valence-electron chi connectivity index (χ2n) is 4.76. The van der Waals surface area contributed by atoms with Crippen LogP contribution in [-0.2, 0) is 4.79 Å². The summed E-state index contributed by atoms with van der Waals surface area (Å²) in [6.45, 7) is 2.36. The smallest absolute Gasteiger partial charge is 0.266 e. The predicted molar refractivity (Wildman–Crippen MR) is 96.3 cm³/mol. The van der Waals surface area contributed by atoms with Crippen LogP contribution < -0.4 is 10.1 Å². The molecule has 4 nitrogen and oxygen atoms in total. The van der Waals surface area contributed by atoms with E-state index in [4.69, 9.17) is 27.9 Å². The van der Waals surface area contributed by atoms with Gasteiger partial charge in [0.2, 0.25) is 0 Å². The van der Waals surface area contributed by atoms with Gasteiger partial charge in [-0.05, 0) is 48.9 Å². The molecule has 0 aromatic heterocycles. The van der Waals surface area contributed by atoms with Gasteiger partial charge in [0.05, 0.1) is 11.6 Å². The first kappa shape index (κ1) is 17.9. The molecular formula is C18H14Cl2N2O2. The Hall–Kier alpha value is -2.48. The second-order valence-corrected chi connectivity index (χ2v) is 5.60. The zero-order valence-electron chi connectivity index (χ0n) is 12.8. The van der Waals surface area contributed by atoms with E-state index in [1.807, 2.05) is 13.0 Å². The molecule has 0 atom stereocenters. The average Bonchev–Trinajstić information content (AvgIpc) is 2.55. The number of carbonyl (C=O) groups is 1. The van der Waals surface area contributed by atoms with Crippen molar-refractivity contribution in [2.75, 3.05) is 11.9 Å². The highest BCUT2D eigenvalue weighted by Crippen LogP contribution is 2.26. The zero-order chi connectivity index (χ0) is 17.5. The number of carbonyl (C=O) groups excluding carboxylic acids is 1. The summed E-state index contributed by atoms with van der Waals surface area (Å²) in [4.78, 5) is 12.2. The van der Waals surface area contributed by atoms with Crippen molar-refractivity contribution >= 4 is 40.9 Å². The number of halogens is 2. The van der Waals surface area contributed by atoms with E-state index in [1.54, 1.807) is 42.5 Å². The van der Waals surface area contributed by atoms with Crippen molar-refractivity contribution in [2.45, 2.75) is 6.92 Å². The molecule has 0 aliphatic heterocycles. The maximum Gasteiger partial charge on any atom is 0.266 e. The molecular weight excluding hydrogens is 347 g/mol. The van der Waals surface area contributed by atoms with Gasteiger partial charge in [-0.2, -0.15) is 5.26 Å². The quantitative estimate of drug-likeness (QED) is 0.606. The fraction of sp³-hybridized carbons (Fsp3) is 0.111. The minimum atomic E-state index is -0.523. The number of amides is 1. The Morgan fingerprint density at radius 1 is 1.29 bits per heavy atom. The lowest BCUT2D eigenvalue weighted by Gasteiger charge is -2.07. The molecule has 1 amide bonds. The second kappa shape index (κ2) is 8.39. The van der Waals surface area contributed by atoms with E-state index in [9.17, 15) is 10.1 Å². The van der Waals surface area contributed by atoms with Crippen LogP contribution in [0.25, 0.3) is 6.08 Å². The van der Waals surface area contributed by atoms with Crippen molar-refractivity contribution in [1.29, 1.82) is 5.26 Å². The molecule has 0 aliphatic carbocycles. The van der Waals surface area contributed by atoms with Gasteiger partial charge < -0.3 is 10.1 Å². The molecule has 2 rings (SSSR count). The van der Waals surface area contributed by atoms with Crippen LogP contribution in [0.4, 0.5) is 5.69 Å². The molecule has 24 heavy (non-hydrogen) atoms. The van der Waals surface area contributed by atoms with Gasteiger partial charge in [0.25, 0.3) is 5.91 Å². The van der Waals surface area contributed by atoms with E-state index in [2.05, 4.69) is 5.32 Å². The summed E-state index contributed by atoms with van der Waals surface area (Å²) in [5.41, 5.74) is 1.09. The van der Waals surface area contributed by atoms with Gasteiger partial charge in [0, 0.05) is 10.7 Å². The Morgan fingerprint density at radius 3 is 2.71 bits per heavy atom. The maximum absolute atomic E-state index is 12.2. The third-order valence-corrected chi connectivity index (χ3v) is 3.54. The van der Waals surface area contributed by atoms with Crippen LogP contribution >= 0.6 is 23.2 Å². The Bertz CT molecular complexity index is 826. The molecule has 0 fully saturated rings. The van der Waals surface area contributed by atoms with Crippen LogP contribution in [0.2, 0.25) is 10.0 Å². The fourth-order valence-corrected chi connectivity index (χ4v) is 2.39. The summed E-state index contributed by atoms with van der Waals surface area (Å²) in [6, 6.07) is 13.6. The van der Waals surface area contributed by atoms with E-state index in [-0.39, 0.29) is 5.57 Å². The SMILES string of the molecule is CCOc1ccc(/C=C(/C#N)C(=O)Nc2cccc(Cl)c2)cc1Cl. The number of hydrogen-bond donors (Lipinski definition) is 1. The topological polar surface area (TPSA) is 62.1 Å². The molecule has 1 N–H and O–H groups in total. The first-order valence-corrected chi connectivity index (χ1v) is 7.90. The Labute approximate surface area is 150 Å². The molecule has 2 aromatic rings. The number of nitriles is 1. The van der Waals surface area contributed by atoms with Crippen molar-refractivity contribution in [1.82, 2.24) is 0 Å². The number of nitrogens with one attached hydrogen (secondary N) is 1. The molecule has 2 aromatic carbocycles. The number of hydrogen-bond acceptors (Lipinski definition) is 3. The molecule has 122 valence electrons. The van der Waals surface area contributed by atoms with Crippen LogP contribution in [-0.4, -0.2) is 12.5 Å². The van der Waals surface area contributed by atoms with Crippen molar-refractivity contribution in [3.05, 3.63) is 63.6 Å². The highest BCUT2D eigenvalue weighted by Gasteiger charge is 2.10. The predicted octanol–water partition coefficient (Wildman–Crippen LogP) is 4.94. The molecule has 0 unspecified atom stereocenters. The Kier molecular flexibility index (Phi) is 6.25. The maximum atomic E-state index is 12.2. The third-order valence-electron chi connectivity index (χ3n) is 3.01. The van der Waals surface area contributed by atoms with E-state index >= 15 is 0 Å². The highest BCUT2D eigenvalue weighted by atomic mass is 35.5. The van der Waals surface area contributed by atoms with Crippen LogP contribution in [0.15, 0.2) is 48.0 Å². The number of ether oxygens (including phenoxy) is 1. The minimum Gasteiger partial charge on any atom is -0.492 e.